The Morgan fingerprint density at radius 2 is 1.60 bits per heavy atom. The molecule has 0 saturated carbocycles. The average Bonchev–Trinajstić information content (AvgIpc) is 3.75. The quantitative estimate of drug-likeness (QED) is 0.120. The largest absolute Gasteiger partial charge is 0.523 e. The second-order valence-corrected chi connectivity index (χ2v) is 14.1. The Morgan fingerprint density at radius 1 is 0.927 bits per heavy atom. The number of aromatic amines is 1. The van der Waals surface area contributed by atoms with Crippen molar-refractivity contribution in [2.24, 2.45) is 0 Å². The summed E-state index contributed by atoms with van der Waals surface area (Å²) in [5.74, 6) is 0.989. The molecular weight excluding hydrogens is 751 g/mol. The molecule has 1 aliphatic heterocycles. The first-order valence-corrected chi connectivity index (χ1v) is 18.0. The SMILES string of the molecule is COc1ccc(Cn2cc([C@]3(COCc4ccccc4)O[C@@H](n4cc(C)c(=O)[nH]c4=O)[C@@H](OS(=O)(=O)C(F)(F)F)[C@@H]3OCc3ccccc3)nn2)c(OC)c1. The fourth-order valence-corrected chi connectivity index (χ4v) is 6.66. The van der Waals surface area contributed by atoms with Crippen LogP contribution in [0.1, 0.15) is 34.2 Å². The number of aromatic nitrogens is 5. The van der Waals surface area contributed by atoms with Crippen molar-refractivity contribution < 1.29 is 49.5 Å². The Morgan fingerprint density at radius 3 is 2.24 bits per heavy atom. The van der Waals surface area contributed by atoms with Gasteiger partial charge in [0.2, 0.25) is 0 Å². The predicted octanol–water partition coefficient (Wildman–Crippen LogP) is 3.96. The molecule has 0 radical (unpaired) electrons. The van der Waals surface area contributed by atoms with E-state index in [1.54, 1.807) is 78.9 Å². The van der Waals surface area contributed by atoms with Gasteiger partial charge in [-0.25, -0.2) is 9.48 Å². The van der Waals surface area contributed by atoms with Crippen LogP contribution < -0.4 is 20.7 Å². The van der Waals surface area contributed by atoms with Crippen LogP contribution in [0.2, 0.25) is 0 Å². The number of nitrogens with zero attached hydrogens (tertiary/aromatic N) is 4. The van der Waals surface area contributed by atoms with E-state index in [2.05, 4.69) is 15.3 Å². The van der Waals surface area contributed by atoms with Gasteiger partial charge in [-0.3, -0.25) is 18.5 Å². The van der Waals surface area contributed by atoms with Gasteiger partial charge in [-0.1, -0.05) is 65.9 Å². The van der Waals surface area contributed by atoms with E-state index in [9.17, 15) is 31.2 Å². The molecule has 0 bridgehead atoms. The smallest absolute Gasteiger partial charge is 0.497 e. The highest BCUT2D eigenvalue weighted by atomic mass is 32.2. The van der Waals surface area contributed by atoms with Gasteiger partial charge < -0.3 is 23.7 Å². The van der Waals surface area contributed by atoms with Crippen molar-refractivity contribution in [1.82, 2.24) is 24.5 Å². The molecule has 1 aliphatic rings. The third-order valence-electron chi connectivity index (χ3n) is 8.81. The van der Waals surface area contributed by atoms with E-state index in [-0.39, 0.29) is 31.0 Å². The standard InChI is InChI=1S/C36H36F3N5O10S/c1-23-17-44(34(46)40-32(23)45)33-30(54-55(47,48)36(37,38)39)31(52-21-25-12-8-5-9-13-25)35(53-33,22-51-20-24-10-6-4-7-11-24)29-19-43(42-41-29)18-26-14-15-27(49-2)16-28(26)50-3/h4-17,19,30-31,33H,18,20-22H2,1-3H3,(H,40,45,46)/t30-,31-,33+,35-/m0/s1. The van der Waals surface area contributed by atoms with Crippen molar-refractivity contribution >= 4 is 10.1 Å². The molecule has 0 aliphatic carbocycles. The van der Waals surface area contributed by atoms with Crippen molar-refractivity contribution in [1.29, 1.82) is 0 Å². The van der Waals surface area contributed by atoms with E-state index in [0.29, 0.717) is 28.2 Å². The van der Waals surface area contributed by atoms with E-state index >= 15 is 0 Å². The number of hydrogen-bond donors (Lipinski definition) is 1. The summed E-state index contributed by atoms with van der Waals surface area (Å²) in [7, 11) is -3.39. The topological polar surface area (TPSA) is 175 Å². The van der Waals surface area contributed by atoms with Crippen LogP contribution in [0.15, 0.2) is 101 Å². The molecule has 1 fully saturated rings. The zero-order valence-electron chi connectivity index (χ0n) is 29.6. The Labute approximate surface area is 312 Å². The van der Waals surface area contributed by atoms with Gasteiger partial charge in [0.1, 0.15) is 23.3 Å². The van der Waals surface area contributed by atoms with Crippen LogP contribution in [0.4, 0.5) is 13.2 Å². The summed E-state index contributed by atoms with van der Waals surface area (Å²) in [6, 6.07) is 22.5. The van der Waals surface area contributed by atoms with Gasteiger partial charge in [0.05, 0.1) is 46.8 Å². The molecule has 0 spiro atoms. The molecule has 3 heterocycles. The zero-order chi connectivity index (χ0) is 39.4. The highest BCUT2D eigenvalue weighted by Gasteiger charge is 2.63. The average molecular weight is 788 g/mol. The number of aryl methyl sites for hydroxylation is 1. The Balaban J connectivity index is 1.52. The fraction of sp³-hybridized carbons (Fsp3) is 0.333. The molecule has 0 unspecified atom stereocenters. The van der Waals surface area contributed by atoms with Crippen LogP contribution in [0.5, 0.6) is 11.5 Å². The molecule has 292 valence electrons. The Bertz CT molecular complexity index is 2320. The number of benzene rings is 3. The second kappa shape index (κ2) is 16.2. The number of alkyl halides is 3. The summed E-state index contributed by atoms with van der Waals surface area (Å²) >= 11 is 0. The summed E-state index contributed by atoms with van der Waals surface area (Å²) in [5.41, 5.74) is -8.11. The van der Waals surface area contributed by atoms with Gasteiger partial charge in [0.25, 0.3) is 5.56 Å². The molecule has 19 heteroatoms. The van der Waals surface area contributed by atoms with Crippen molar-refractivity contribution in [3.05, 3.63) is 140 Å². The van der Waals surface area contributed by atoms with Crippen LogP contribution in [0.25, 0.3) is 0 Å². The Kier molecular flexibility index (Phi) is 11.6. The minimum absolute atomic E-state index is 0.0384. The maximum Gasteiger partial charge on any atom is 0.523 e. The van der Waals surface area contributed by atoms with Crippen molar-refractivity contribution in [2.75, 3.05) is 20.8 Å². The first-order chi connectivity index (χ1) is 26.2. The molecule has 2 aromatic heterocycles. The van der Waals surface area contributed by atoms with E-state index in [1.807, 2.05) is 0 Å². The minimum atomic E-state index is -6.37. The summed E-state index contributed by atoms with van der Waals surface area (Å²) in [6.07, 6.45) is -3.53. The lowest BCUT2D eigenvalue weighted by Crippen LogP contribution is -2.48. The first kappa shape index (κ1) is 39.4. The highest BCUT2D eigenvalue weighted by molar-refractivity contribution is 7.87. The molecule has 5 aromatic rings. The normalized spacial score (nSPS) is 20.1. The summed E-state index contributed by atoms with van der Waals surface area (Å²) in [4.78, 5) is 27.7. The van der Waals surface area contributed by atoms with Gasteiger partial charge in [-0.2, -0.15) is 21.6 Å². The summed E-state index contributed by atoms with van der Waals surface area (Å²) in [5, 5.41) is 8.59. The molecule has 3 aromatic carbocycles. The summed E-state index contributed by atoms with van der Waals surface area (Å²) < 4.78 is 105. The molecule has 1 saturated heterocycles. The Hall–Kier alpha value is -5.34. The number of H-pyrrole nitrogens is 1. The second-order valence-electron chi connectivity index (χ2n) is 12.5. The van der Waals surface area contributed by atoms with Crippen LogP contribution in [-0.2, 0) is 53.9 Å². The van der Waals surface area contributed by atoms with Crippen molar-refractivity contribution in [3.63, 3.8) is 0 Å². The number of methoxy groups -OCH3 is 2. The van der Waals surface area contributed by atoms with Crippen LogP contribution in [0, 0.1) is 6.92 Å². The van der Waals surface area contributed by atoms with Crippen molar-refractivity contribution in [3.8, 4) is 11.5 Å². The van der Waals surface area contributed by atoms with Gasteiger partial charge in [0.15, 0.2) is 17.9 Å². The van der Waals surface area contributed by atoms with Gasteiger partial charge >= 0.3 is 21.3 Å². The molecule has 1 N–H and O–H groups in total. The molecule has 15 nitrogen and oxygen atoms in total. The lowest BCUT2D eigenvalue weighted by molar-refractivity contribution is -0.165. The maximum atomic E-state index is 14.0. The molecule has 0 amide bonds. The third-order valence-corrected chi connectivity index (χ3v) is 9.85. The van der Waals surface area contributed by atoms with Gasteiger partial charge in [0, 0.05) is 23.4 Å². The van der Waals surface area contributed by atoms with Crippen LogP contribution in [-0.4, -0.2) is 71.5 Å². The van der Waals surface area contributed by atoms with E-state index in [0.717, 1.165) is 10.8 Å². The third kappa shape index (κ3) is 8.50. The number of rotatable bonds is 15. The fourth-order valence-electron chi connectivity index (χ4n) is 6.06. The van der Waals surface area contributed by atoms with Crippen LogP contribution >= 0.6 is 0 Å². The molecular formula is C36H36F3N5O10S. The summed E-state index contributed by atoms with van der Waals surface area (Å²) in [6.45, 7) is 0.561. The van der Waals surface area contributed by atoms with E-state index in [4.69, 9.17) is 27.9 Å². The number of nitrogens with one attached hydrogen (secondary N) is 1. The van der Waals surface area contributed by atoms with Crippen molar-refractivity contribution in [2.45, 2.75) is 56.2 Å². The van der Waals surface area contributed by atoms with Gasteiger partial charge in [-0.05, 0) is 30.2 Å². The van der Waals surface area contributed by atoms with Crippen LogP contribution in [0.3, 0.4) is 0 Å². The van der Waals surface area contributed by atoms with E-state index < -0.39 is 57.5 Å². The molecule has 4 atom stereocenters. The van der Waals surface area contributed by atoms with E-state index in [1.165, 1.54) is 32.0 Å². The monoisotopic (exact) mass is 787 g/mol. The molecule has 6 rings (SSSR count). The zero-order valence-corrected chi connectivity index (χ0v) is 30.5. The lowest BCUT2D eigenvalue weighted by Gasteiger charge is -2.33. The molecule has 55 heavy (non-hydrogen) atoms. The number of halogens is 3. The number of hydrogen-bond acceptors (Lipinski definition) is 12. The predicted molar refractivity (Wildman–Crippen MR) is 187 cm³/mol. The number of ether oxygens (including phenoxy) is 5. The minimum Gasteiger partial charge on any atom is -0.497 e. The maximum absolute atomic E-state index is 14.0. The van der Waals surface area contributed by atoms with Gasteiger partial charge in [-0.15, -0.1) is 5.10 Å². The first-order valence-electron chi connectivity index (χ1n) is 16.6. The lowest BCUT2D eigenvalue weighted by atomic mass is 9.92. The highest BCUT2D eigenvalue weighted by Crippen LogP contribution is 2.48.